The van der Waals surface area contributed by atoms with Crippen LogP contribution in [0.25, 0.3) is 0 Å². The van der Waals surface area contributed by atoms with Crippen molar-refractivity contribution in [3.05, 3.63) is 0 Å². The molecule has 1 N–H and O–H groups in total. The van der Waals surface area contributed by atoms with Gasteiger partial charge in [0.25, 0.3) is 0 Å². The van der Waals surface area contributed by atoms with Gasteiger partial charge in [-0.1, -0.05) is 0 Å². The van der Waals surface area contributed by atoms with Crippen molar-refractivity contribution >= 4 is 5.97 Å². The zero-order valence-corrected chi connectivity index (χ0v) is 7.20. The number of carboxylic acids is 1. The average Bonchev–Trinajstić information content (AvgIpc) is 2.65. The Kier molecular flexibility index (Phi) is 2.05. The van der Waals surface area contributed by atoms with Crippen molar-refractivity contribution in [1.29, 1.82) is 0 Å². The molecule has 1 heterocycles. The van der Waals surface area contributed by atoms with Gasteiger partial charge in [-0.05, 0) is 44.7 Å². The van der Waals surface area contributed by atoms with Gasteiger partial charge in [0.2, 0.25) is 0 Å². The number of nitrogens with zero attached hydrogens (tertiary/aromatic N) is 1. The van der Waals surface area contributed by atoms with Crippen molar-refractivity contribution in [2.75, 3.05) is 13.1 Å². The first-order valence-electron chi connectivity index (χ1n) is 4.76. The monoisotopic (exact) mass is 169 g/mol. The minimum absolute atomic E-state index is 0.160. The van der Waals surface area contributed by atoms with Gasteiger partial charge in [0.1, 0.15) is 6.04 Å². The molecule has 1 aliphatic heterocycles. The summed E-state index contributed by atoms with van der Waals surface area (Å²) in [4.78, 5) is 13.1. The number of likely N-dealkylation sites (tertiary alicyclic amines) is 1. The van der Waals surface area contributed by atoms with Crippen LogP contribution in [-0.2, 0) is 4.79 Å². The fraction of sp³-hybridized carbons (Fsp3) is 0.889. The van der Waals surface area contributed by atoms with Gasteiger partial charge in [-0.3, -0.25) is 9.69 Å². The standard InChI is InChI=1S/C9H15NO2/c11-9(12)8(7-3-4-7)10-5-1-2-6-10/h7-8H,1-6H2,(H,11,12). The quantitative estimate of drug-likeness (QED) is 0.683. The molecule has 68 valence electrons. The Hall–Kier alpha value is -0.570. The molecule has 0 bridgehead atoms. The Morgan fingerprint density at radius 2 is 1.92 bits per heavy atom. The first-order valence-corrected chi connectivity index (χ1v) is 4.76. The molecule has 1 atom stereocenters. The number of rotatable bonds is 3. The second-order valence-electron chi connectivity index (χ2n) is 3.86. The predicted molar refractivity (Wildman–Crippen MR) is 45.0 cm³/mol. The van der Waals surface area contributed by atoms with E-state index in [1.165, 1.54) is 12.8 Å². The summed E-state index contributed by atoms with van der Waals surface area (Å²) in [6, 6.07) is -0.160. The van der Waals surface area contributed by atoms with Crippen LogP contribution < -0.4 is 0 Å². The van der Waals surface area contributed by atoms with Gasteiger partial charge in [-0.25, -0.2) is 0 Å². The zero-order valence-electron chi connectivity index (χ0n) is 7.20. The van der Waals surface area contributed by atoms with Crippen molar-refractivity contribution in [2.45, 2.75) is 31.7 Å². The molecule has 0 aromatic rings. The van der Waals surface area contributed by atoms with E-state index in [2.05, 4.69) is 4.90 Å². The Bertz CT molecular complexity index is 183. The maximum absolute atomic E-state index is 10.9. The predicted octanol–water partition coefficient (Wildman–Crippen LogP) is 0.945. The summed E-state index contributed by atoms with van der Waals surface area (Å²) >= 11 is 0. The summed E-state index contributed by atoms with van der Waals surface area (Å²) in [6.45, 7) is 1.99. The van der Waals surface area contributed by atoms with E-state index in [1.807, 2.05) is 0 Å². The molecule has 3 nitrogen and oxygen atoms in total. The second-order valence-corrected chi connectivity index (χ2v) is 3.86. The van der Waals surface area contributed by atoms with Gasteiger partial charge in [-0.2, -0.15) is 0 Å². The lowest BCUT2D eigenvalue weighted by molar-refractivity contribution is -0.143. The largest absolute Gasteiger partial charge is 0.480 e. The summed E-state index contributed by atoms with van der Waals surface area (Å²) in [5.74, 6) is -0.153. The molecule has 1 unspecified atom stereocenters. The highest BCUT2D eigenvalue weighted by Crippen LogP contribution is 2.36. The minimum atomic E-state index is -0.612. The lowest BCUT2D eigenvalue weighted by Crippen LogP contribution is -2.40. The number of carbonyl (C=O) groups is 1. The molecule has 3 heteroatoms. The molecule has 1 saturated carbocycles. The van der Waals surface area contributed by atoms with Crippen LogP contribution in [0.4, 0.5) is 0 Å². The highest BCUT2D eigenvalue weighted by atomic mass is 16.4. The van der Waals surface area contributed by atoms with E-state index < -0.39 is 5.97 Å². The Balaban J connectivity index is 1.99. The molecule has 0 radical (unpaired) electrons. The third-order valence-electron chi connectivity index (χ3n) is 2.86. The molecule has 0 aromatic heterocycles. The van der Waals surface area contributed by atoms with Gasteiger partial charge in [0, 0.05) is 0 Å². The summed E-state index contributed by atoms with van der Waals surface area (Å²) in [5.41, 5.74) is 0. The first-order chi connectivity index (χ1) is 5.79. The van der Waals surface area contributed by atoms with Crippen LogP contribution >= 0.6 is 0 Å². The fourth-order valence-electron chi connectivity index (χ4n) is 2.09. The van der Waals surface area contributed by atoms with E-state index in [4.69, 9.17) is 5.11 Å². The molecule has 1 saturated heterocycles. The maximum atomic E-state index is 10.9. The Morgan fingerprint density at radius 3 is 2.33 bits per heavy atom. The van der Waals surface area contributed by atoms with Crippen molar-refractivity contribution < 1.29 is 9.90 Å². The molecule has 2 aliphatic rings. The number of carboxylic acid groups (broad SMARTS) is 1. The first kappa shape index (κ1) is 8.05. The lowest BCUT2D eigenvalue weighted by Gasteiger charge is -2.22. The van der Waals surface area contributed by atoms with Crippen molar-refractivity contribution in [1.82, 2.24) is 4.90 Å². The van der Waals surface area contributed by atoms with Crippen LogP contribution in [0.1, 0.15) is 25.7 Å². The van der Waals surface area contributed by atoms with Gasteiger partial charge in [-0.15, -0.1) is 0 Å². The van der Waals surface area contributed by atoms with E-state index in [-0.39, 0.29) is 6.04 Å². The fourth-order valence-corrected chi connectivity index (χ4v) is 2.09. The summed E-state index contributed by atoms with van der Waals surface area (Å²) in [7, 11) is 0. The van der Waals surface area contributed by atoms with Crippen LogP contribution in [0.5, 0.6) is 0 Å². The topological polar surface area (TPSA) is 40.5 Å². The molecule has 12 heavy (non-hydrogen) atoms. The van der Waals surface area contributed by atoms with Crippen molar-refractivity contribution in [2.24, 2.45) is 5.92 Å². The molecular weight excluding hydrogens is 154 g/mol. The Labute approximate surface area is 72.4 Å². The lowest BCUT2D eigenvalue weighted by atomic mass is 10.1. The van der Waals surface area contributed by atoms with Gasteiger partial charge >= 0.3 is 5.97 Å². The second kappa shape index (κ2) is 3.05. The van der Waals surface area contributed by atoms with Crippen molar-refractivity contribution in [3.8, 4) is 0 Å². The van der Waals surface area contributed by atoms with Crippen LogP contribution in [0.3, 0.4) is 0 Å². The van der Waals surface area contributed by atoms with E-state index >= 15 is 0 Å². The van der Waals surface area contributed by atoms with Crippen LogP contribution in [0, 0.1) is 5.92 Å². The molecule has 2 rings (SSSR count). The third kappa shape index (κ3) is 1.46. The summed E-state index contributed by atoms with van der Waals surface area (Å²) in [5, 5.41) is 9.00. The number of hydrogen-bond acceptors (Lipinski definition) is 2. The number of aliphatic carboxylic acids is 1. The average molecular weight is 169 g/mol. The van der Waals surface area contributed by atoms with Crippen LogP contribution in [0.15, 0.2) is 0 Å². The van der Waals surface area contributed by atoms with E-state index in [1.54, 1.807) is 0 Å². The van der Waals surface area contributed by atoms with Crippen LogP contribution in [-0.4, -0.2) is 35.1 Å². The molecule has 2 fully saturated rings. The summed E-state index contributed by atoms with van der Waals surface area (Å²) < 4.78 is 0. The van der Waals surface area contributed by atoms with E-state index in [0.29, 0.717) is 5.92 Å². The molecule has 0 amide bonds. The van der Waals surface area contributed by atoms with Crippen molar-refractivity contribution in [3.63, 3.8) is 0 Å². The molecule has 0 aromatic carbocycles. The SMILES string of the molecule is O=C(O)C(C1CC1)N1CCCC1. The zero-order chi connectivity index (χ0) is 8.55. The molecular formula is C9H15NO2. The third-order valence-corrected chi connectivity index (χ3v) is 2.86. The summed E-state index contributed by atoms with van der Waals surface area (Å²) in [6.07, 6.45) is 4.59. The van der Waals surface area contributed by atoms with Gasteiger partial charge < -0.3 is 5.11 Å². The molecule has 0 spiro atoms. The van der Waals surface area contributed by atoms with Crippen LogP contribution in [0.2, 0.25) is 0 Å². The number of hydrogen-bond donors (Lipinski definition) is 1. The van der Waals surface area contributed by atoms with E-state index in [0.717, 1.165) is 25.9 Å². The normalized spacial score (nSPS) is 27.3. The highest BCUT2D eigenvalue weighted by molar-refractivity contribution is 5.74. The van der Waals surface area contributed by atoms with E-state index in [9.17, 15) is 4.79 Å². The smallest absolute Gasteiger partial charge is 0.321 e. The molecule has 1 aliphatic carbocycles. The Morgan fingerprint density at radius 1 is 1.33 bits per heavy atom. The maximum Gasteiger partial charge on any atom is 0.321 e. The highest BCUT2D eigenvalue weighted by Gasteiger charge is 2.40. The van der Waals surface area contributed by atoms with Gasteiger partial charge in [0.05, 0.1) is 0 Å². The van der Waals surface area contributed by atoms with Gasteiger partial charge in [0.15, 0.2) is 0 Å². The minimum Gasteiger partial charge on any atom is -0.480 e.